The van der Waals surface area contributed by atoms with Crippen molar-refractivity contribution in [3.8, 4) is 0 Å². The molecule has 0 fully saturated rings. The summed E-state index contributed by atoms with van der Waals surface area (Å²) in [6, 6.07) is 0. The molecule has 0 unspecified atom stereocenters. The number of allylic oxidation sites excluding steroid dienone is 14. The van der Waals surface area contributed by atoms with Gasteiger partial charge < -0.3 is 14.2 Å². The molecular weight excluding hydrogens is 781 g/mol. The predicted octanol–water partition coefficient (Wildman–Crippen LogP) is 17.2. The third kappa shape index (κ3) is 49.5. The summed E-state index contributed by atoms with van der Waals surface area (Å²) in [5, 5.41) is 0. The fourth-order valence-corrected chi connectivity index (χ4v) is 6.99. The standard InChI is InChI=1S/C57H96O6/c1-4-7-10-13-16-19-22-25-26-27-28-29-30-33-35-38-41-44-47-50-56(59)62-53-54(63-57(60)51-48-45-42-39-36-32-24-21-18-15-12-9-6-3)52-61-55(58)49-46-43-40-37-34-31-23-20-17-14-11-8-5-2/h7,10,16,19,21,24-26,28-29,33,35,41,44,54H,4-6,8-9,11-15,17-18,20,22-23,27,30-32,34,36-40,42-43,45-53H2,1-3H3/b10-7-,19-16-,24-21-,26-25-,29-28-,35-33-,44-41-/t54-/m0/s1. The van der Waals surface area contributed by atoms with Crippen LogP contribution >= 0.6 is 0 Å². The Bertz CT molecular complexity index is 1240. The van der Waals surface area contributed by atoms with E-state index in [1.807, 2.05) is 6.08 Å². The van der Waals surface area contributed by atoms with Crippen LogP contribution in [0.1, 0.15) is 239 Å². The lowest BCUT2D eigenvalue weighted by atomic mass is 10.0. The van der Waals surface area contributed by atoms with Gasteiger partial charge in [-0.25, -0.2) is 0 Å². The van der Waals surface area contributed by atoms with Gasteiger partial charge >= 0.3 is 17.9 Å². The molecule has 63 heavy (non-hydrogen) atoms. The first-order valence-electron chi connectivity index (χ1n) is 26.1. The Morgan fingerprint density at radius 2 is 0.651 bits per heavy atom. The van der Waals surface area contributed by atoms with Crippen molar-refractivity contribution in [1.29, 1.82) is 0 Å². The van der Waals surface area contributed by atoms with Gasteiger partial charge in [-0.1, -0.05) is 221 Å². The third-order valence-electron chi connectivity index (χ3n) is 10.9. The molecule has 0 N–H and O–H groups in total. The first-order valence-corrected chi connectivity index (χ1v) is 26.1. The second kappa shape index (κ2) is 51.2. The molecule has 0 aliphatic heterocycles. The summed E-state index contributed by atoms with van der Waals surface area (Å²) in [5.74, 6) is -0.998. The Hall–Kier alpha value is -3.41. The molecule has 0 aromatic rings. The quantitative estimate of drug-likeness (QED) is 0.0262. The Morgan fingerprint density at radius 1 is 0.333 bits per heavy atom. The molecule has 1 atom stereocenters. The van der Waals surface area contributed by atoms with E-state index in [4.69, 9.17) is 14.2 Å². The van der Waals surface area contributed by atoms with Gasteiger partial charge in [0.05, 0.1) is 0 Å². The number of hydrogen-bond acceptors (Lipinski definition) is 6. The monoisotopic (exact) mass is 877 g/mol. The van der Waals surface area contributed by atoms with E-state index >= 15 is 0 Å². The van der Waals surface area contributed by atoms with Crippen molar-refractivity contribution in [2.24, 2.45) is 0 Å². The Labute approximate surface area is 388 Å². The highest BCUT2D eigenvalue weighted by Gasteiger charge is 2.19. The van der Waals surface area contributed by atoms with Crippen molar-refractivity contribution in [3.63, 3.8) is 0 Å². The second-order valence-electron chi connectivity index (χ2n) is 17.1. The number of hydrogen-bond donors (Lipinski definition) is 0. The second-order valence-corrected chi connectivity index (χ2v) is 17.1. The van der Waals surface area contributed by atoms with Crippen LogP contribution in [-0.2, 0) is 28.6 Å². The summed E-state index contributed by atoms with van der Waals surface area (Å²) >= 11 is 0. The van der Waals surface area contributed by atoms with E-state index in [0.717, 1.165) is 89.9 Å². The van der Waals surface area contributed by atoms with Crippen LogP contribution in [0.25, 0.3) is 0 Å². The minimum Gasteiger partial charge on any atom is -0.462 e. The molecular formula is C57H96O6. The summed E-state index contributed by atoms with van der Waals surface area (Å²) in [5.41, 5.74) is 0. The van der Waals surface area contributed by atoms with Crippen LogP contribution < -0.4 is 0 Å². The SMILES string of the molecule is CC/C=C\C/C=C\C/C=C\C/C=C\C/C=C\C/C=C\CCC(=O)OC[C@H](COC(=O)CCCCCCCCCCCCCCC)OC(=O)CCCCCCC/C=C\CCCCCC. The first kappa shape index (κ1) is 59.6. The first-order chi connectivity index (χ1) is 31.0. The van der Waals surface area contributed by atoms with E-state index in [9.17, 15) is 14.4 Å². The molecule has 360 valence electrons. The van der Waals surface area contributed by atoms with Gasteiger partial charge in [0, 0.05) is 19.3 Å². The molecule has 0 spiro atoms. The molecule has 6 nitrogen and oxygen atoms in total. The van der Waals surface area contributed by atoms with Gasteiger partial charge in [-0.2, -0.15) is 0 Å². The minimum absolute atomic E-state index is 0.102. The lowest BCUT2D eigenvalue weighted by molar-refractivity contribution is -0.166. The largest absolute Gasteiger partial charge is 0.462 e. The van der Waals surface area contributed by atoms with Gasteiger partial charge in [0.1, 0.15) is 13.2 Å². The normalized spacial score (nSPS) is 12.7. The van der Waals surface area contributed by atoms with Gasteiger partial charge in [-0.3, -0.25) is 14.4 Å². The molecule has 0 aromatic heterocycles. The number of unbranched alkanes of at least 4 members (excludes halogenated alkanes) is 21. The maximum atomic E-state index is 12.8. The number of ether oxygens (including phenoxy) is 3. The Kier molecular flexibility index (Phi) is 48.5. The van der Waals surface area contributed by atoms with Gasteiger partial charge in [0.15, 0.2) is 6.10 Å². The van der Waals surface area contributed by atoms with E-state index in [-0.39, 0.29) is 37.5 Å². The molecule has 0 saturated heterocycles. The molecule has 0 aromatic carbocycles. The van der Waals surface area contributed by atoms with Gasteiger partial charge in [0.25, 0.3) is 0 Å². The van der Waals surface area contributed by atoms with E-state index in [1.165, 1.54) is 103 Å². The predicted molar refractivity (Wildman–Crippen MR) is 270 cm³/mol. The number of carbonyl (C=O) groups excluding carboxylic acids is 3. The fraction of sp³-hybridized carbons (Fsp3) is 0.702. The van der Waals surface area contributed by atoms with Gasteiger partial charge in [-0.15, -0.1) is 0 Å². The zero-order valence-electron chi connectivity index (χ0n) is 41.1. The number of rotatable bonds is 46. The van der Waals surface area contributed by atoms with Crippen LogP contribution in [-0.4, -0.2) is 37.2 Å². The van der Waals surface area contributed by atoms with Crippen molar-refractivity contribution in [1.82, 2.24) is 0 Å². The van der Waals surface area contributed by atoms with Crippen LogP contribution in [0.4, 0.5) is 0 Å². The van der Waals surface area contributed by atoms with Crippen molar-refractivity contribution in [3.05, 3.63) is 85.1 Å². The van der Waals surface area contributed by atoms with E-state index in [2.05, 4.69) is 99.8 Å². The molecule has 0 rings (SSSR count). The molecule has 0 saturated carbocycles. The van der Waals surface area contributed by atoms with Crippen molar-refractivity contribution in [2.75, 3.05) is 13.2 Å². The topological polar surface area (TPSA) is 78.9 Å². The van der Waals surface area contributed by atoms with Crippen LogP contribution in [0.5, 0.6) is 0 Å². The molecule has 0 radical (unpaired) electrons. The van der Waals surface area contributed by atoms with Crippen molar-refractivity contribution >= 4 is 17.9 Å². The molecule has 6 heteroatoms. The van der Waals surface area contributed by atoms with Crippen LogP contribution in [0.3, 0.4) is 0 Å². The van der Waals surface area contributed by atoms with Gasteiger partial charge in [-0.05, 0) is 83.5 Å². The summed E-state index contributed by atoms with van der Waals surface area (Å²) in [6.07, 6.45) is 65.7. The average Bonchev–Trinajstić information content (AvgIpc) is 3.28. The van der Waals surface area contributed by atoms with Crippen molar-refractivity contribution < 1.29 is 28.6 Å². The molecule has 0 bridgehead atoms. The summed E-state index contributed by atoms with van der Waals surface area (Å²) in [6.45, 7) is 6.43. The van der Waals surface area contributed by atoms with Crippen molar-refractivity contribution in [2.45, 2.75) is 245 Å². The highest BCUT2D eigenvalue weighted by atomic mass is 16.6. The number of carbonyl (C=O) groups is 3. The minimum atomic E-state index is -0.809. The third-order valence-corrected chi connectivity index (χ3v) is 10.9. The van der Waals surface area contributed by atoms with E-state index in [0.29, 0.717) is 19.3 Å². The Morgan fingerprint density at radius 3 is 1.08 bits per heavy atom. The maximum Gasteiger partial charge on any atom is 0.306 e. The summed E-state index contributed by atoms with van der Waals surface area (Å²) in [7, 11) is 0. The average molecular weight is 877 g/mol. The highest BCUT2D eigenvalue weighted by molar-refractivity contribution is 5.71. The zero-order valence-corrected chi connectivity index (χ0v) is 41.1. The molecule has 0 amide bonds. The lowest BCUT2D eigenvalue weighted by Crippen LogP contribution is -2.30. The molecule has 0 aliphatic rings. The lowest BCUT2D eigenvalue weighted by Gasteiger charge is -2.18. The Balaban J connectivity index is 4.49. The van der Waals surface area contributed by atoms with Crippen LogP contribution in [0, 0.1) is 0 Å². The zero-order chi connectivity index (χ0) is 45.8. The van der Waals surface area contributed by atoms with E-state index < -0.39 is 6.10 Å². The fourth-order valence-electron chi connectivity index (χ4n) is 6.99. The van der Waals surface area contributed by atoms with Crippen LogP contribution in [0.15, 0.2) is 85.1 Å². The summed E-state index contributed by atoms with van der Waals surface area (Å²) in [4.78, 5) is 37.9. The molecule has 0 aliphatic carbocycles. The maximum absolute atomic E-state index is 12.8. The van der Waals surface area contributed by atoms with Crippen LogP contribution in [0.2, 0.25) is 0 Å². The number of esters is 3. The smallest absolute Gasteiger partial charge is 0.306 e. The molecule has 0 heterocycles. The summed E-state index contributed by atoms with van der Waals surface area (Å²) < 4.78 is 16.7. The van der Waals surface area contributed by atoms with Gasteiger partial charge in [0.2, 0.25) is 0 Å². The van der Waals surface area contributed by atoms with E-state index in [1.54, 1.807) is 0 Å². The highest BCUT2D eigenvalue weighted by Crippen LogP contribution is 2.14.